The number of nitrogens with zero attached hydrogens (tertiary/aromatic N) is 6. The van der Waals surface area contributed by atoms with Crippen LogP contribution in [0.2, 0.25) is 0 Å². The molecule has 0 saturated heterocycles. The van der Waals surface area contributed by atoms with Crippen molar-refractivity contribution in [3.63, 3.8) is 0 Å². The molecule has 0 aliphatic rings. The summed E-state index contributed by atoms with van der Waals surface area (Å²) in [4.78, 5) is 46.8. The summed E-state index contributed by atoms with van der Waals surface area (Å²) in [7, 11) is 1.46. The van der Waals surface area contributed by atoms with E-state index < -0.39 is 6.03 Å². The molecule has 18 heteroatoms. The number of aromatic nitrogens is 6. The van der Waals surface area contributed by atoms with Crippen LogP contribution in [0.5, 0.6) is 11.5 Å². The minimum Gasteiger partial charge on any atom is -0.488 e. The number of amides is 5. The molecule has 0 aliphatic heterocycles. The highest BCUT2D eigenvalue weighted by molar-refractivity contribution is 6.08. The molecule has 424 valence electrons. The zero-order chi connectivity index (χ0) is 58.8. The molecular weight excluding hydrogens is 1040 g/mol. The largest absolute Gasteiger partial charge is 0.488 e. The summed E-state index contributed by atoms with van der Waals surface area (Å²) in [6, 6.07) is 45.5. The number of pyridine rings is 2. The predicted molar refractivity (Wildman–Crippen MR) is 329 cm³/mol. The zero-order valence-corrected chi connectivity index (χ0v) is 48.0. The minimum absolute atomic E-state index is 0.0616. The standard InChI is InChI=1S/C34H36N6O4.C31H32N6O2/c1-22-10-12-24(13-11-22)40-31(18-30(39-40)34(2,3)4)38-33(42)37-27-14-15-29(26-9-7-6-8-25(26)27)44-20-23-16-17-35-19-28(23)36-32(41)21-43-5;1-20-9-11-22(12-10-20)37-29(17-28(36-37)31(2,3)4)35-30(38)34-26-13-14-27(24-8-6-5-7-23(24)26)39-19-21-15-16-33-18-25(21)32/h6-19H,20-21H2,1-5H3,(H,36,41)(H2,37,38,42);5-18H,19,32H2,1-4H3,(H2,34,35,38). The number of ether oxygens (including phenoxy) is 3. The Morgan fingerprint density at radius 2 is 0.940 bits per heavy atom. The molecule has 18 nitrogen and oxygen atoms in total. The van der Waals surface area contributed by atoms with Crippen LogP contribution in [0.4, 0.5) is 44.0 Å². The summed E-state index contributed by atoms with van der Waals surface area (Å²) in [6.45, 7) is 17.0. The lowest BCUT2D eigenvalue weighted by Gasteiger charge is -2.15. The summed E-state index contributed by atoms with van der Waals surface area (Å²) in [5.41, 5.74) is 15.4. The van der Waals surface area contributed by atoms with Gasteiger partial charge in [0.15, 0.2) is 0 Å². The van der Waals surface area contributed by atoms with Gasteiger partial charge in [0, 0.05) is 75.1 Å². The predicted octanol–water partition coefficient (Wildman–Crippen LogP) is 13.7. The lowest BCUT2D eigenvalue weighted by Crippen LogP contribution is -2.21. The van der Waals surface area contributed by atoms with E-state index in [0.717, 1.165) is 66.6 Å². The fourth-order valence-corrected chi connectivity index (χ4v) is 8.85. The molecule has 4 aromatic heterocycles. The molecule has 5 amide bonds. The molecule has 0 spiro atoms. The van der Waals surface area contributed by atoms with Crippen molar-refractivity contribution in [3.8, 4) is 22.9 Å². The van der Waals surface area contributed by atoms with Gasteiger partial charge >= 0.3 is 12.1 Å². The number of fused-ring (bicyclic) bond motifs is 2. The van der Waals surface area contributed by atoms with Crippen molar-refractivity contribution < 1.29 is 28.6 Å². The van der Waals surface area contributed by atoms with Gasteiger partial charge in [0.2, 0.25) is 5.91 Å². The third-order valence-electron chi connectivity index (χ3n) is 13.4. The molecule has 6 aromatic carbocycles. The SMILES string of the molecule is COCC(=O)Nc1cnccc1COc1ccc(NC(=O)Nc2cc(C(C)(C)C)nn2-c2ccc(C)cc2)c2ccccc12.Cc1ccc(-n2nc(C(C)(C)C)cc2NC(=O)Nc2ccc(OCc3ccncc3N)c3ccccc23)cc1. The van der Waals surface area contributed by atoms with Gasteiger partial charge in [0.05, 0.1) is 57.9 Å². The number of anilines is 6. The van der Waals surface area contributed by atoms with Gasteiger partial charge in [-0.15, -0.1) is 0 Å². The second kappa shape index (κ2) is 25.2. The maximum atomic E-state index is 13.3. The number of aryl methyl sites for hydroxylation is 2. The number of hydrogen-bond donors (Lipinski definition) is 6. The van der Waals surface area contributed by atoms with E-state index in [9.17, 15) is 14.4 Å². The van der Waals surface area contributed by atoms with Gasteiger partial charge in [-0.2, -0.15) is 10.2 Å². The first-order valence-corrected chi connectivity index (χ1v) is 27.0. The first-order chi connectivity index (χ1) is 39.8. The van der Waals surface area contributed by atoms with Gasteiger partial charge in [-0.1, -0.05) is 125 Å². The third kappa shape index (κ3) is 14.3. The average Bonchev–Trinajstić information content (AvgIpc) is 4.24. The molecule has 0 fully saturated rings. The monoisotopic (exact) mass is 1110 g/mol. The normalized spacial score (nSPS) is 11.3. The van der Waals surface area contributed by atoms with Crippen molar-refractivity contribution in [2.24, 2.45) is 0 Å². The van der Waals surface area contributed by atoms with Gasteiger partial charge in [-0.25, -0.2) is 19.0 Å². The number of carbonyl (C=O) groups is 3. The van der Waals surface area contributed by atoms with Crippen LogP contribution in [-0.4, -0.2) is 61.2 Å². The lowest BCUT2D eigenvalue weighted by atomic mass is 9.92. The molecule has 4 heterocycles. The summed E-state index contributed by atoms with van der Waals surface area (Å²) < 4.78 is 20.7. The van der Waals surface area contributed by atoms with Crippen molar-refractivity contribution in [3.05, 3.63) is 204 Å². The van der Waals surface area contributed by atoms with Gasteiger partial charge in [-0.3, -0.25) is 25.4 Å². The van der Waals surface area contributed by atoms with Crippen LogP contribution >= 0.6 is 0 Å². The number of urea groups is 2. The first kappa shape index (κ1) is 57.6. The summed E-state index contributed by atoms with van der Waals surface area (Å²) in [6.07, 6.45) is 6.51. The second-order valence-corrected chi connectivity index (χ2v) is 22.0. The Labute approximate surface area is 482 Å². The summed E-state index contributed by atoms with van der Waals surface area (Å²) >= 11 is 0. The van der Waals surface area contributed by atoms with Gasteiger partial charge in [-0.05, 0) is 74.5 Å². The maximum absolute atomic E-state index is 13.3. The molecule has 0 radical (unpaired) electrons. The maximum Gasteiger partial charge on any atom is 0.324 e. The van der Waals surface area contributed by atoms with Crippen LogP contribution in [0.15, 0.2) is 170 Å². The average molecular weight is 1110 g/mol. The second-order valence-electron chi connectivity index (χ2n) is 22.0. The third-order valence-corrected chi connectivity index (χ3v) is 13.4. The molecule has 83 heavy (non-hydrogen) atoms. The molecule has 10 aromatic rings. The van der Waals surface area contributed by atoms with Crippen LogP contribution in [-0.2, 0) is 33.6 Å². The minimum atomic E-state index is -0.397. The molecule has 0 atom stereocenters. The number of methoxy groups -OCH3 is 1. The summed E-state index contributed by atoms with van der Waals surface area (Å²) in [5.74, 6) is 2.19. The fraction of sp³-hybridized carbons (Fsp3) is 0.215. The number of hydrogen-bond acceptors (Lipinski definition) is 11. The van der Waals surface area contributed by atoms with Crippen LogP contribution in [0.1, 0.15) is 75.2 Å². The molecule has 0 aliphatic carbocycles. The van der Waals surface area contributed by atoms with Crippen LogP contribution < -0.4 is 41.8 Å². The van der Waals surface area contributed by atoms with E-state index in [2.05, 4.69) is 78.1 Å². The number of nitrogens with one attached hydrogen (secondary N) is 5. The van der Waals surface area contributed by atoms with Crippen molar-refractivity contribution in [1.82, 2.24) is 29.5 Å². The Bertz CT molecular complexity index is 3940. The first-order valence-electron chi connectivity index (χ1n) is 27.0. The van der Waals surface area contributed by atoms with Crippen LogP contribution in [0, 0.1) is 13.8 Å². The summed E-state index contributed by atoms with van der Waals surface area (Å²) in [5, 5.41) is 27.8. The molecule has 10 rings (SSSR count). The number of carbonyl (C=O) groups excluding carboxylic acids is 3. The number of nitrogens with two attached hydrogens (primary N) is 1. The quantitative estimate of drug-likeness (QED) is 0.0566. The Morgan fingerprint density at radius 3 is 1.39 bits per heavy atom. The Kier molecular flexibility index (Phi) is 17.5. The van der Waals surface area contributed by atoms with Crippen molar-refractivity contribution in [2.75, 3.05) is 46.0 Å². The van der Waals surface area contributed by atoms with E-state index in [1.54, 1.807) is 40.2 Å². The van der Waals surface area contributed by atoms with E-state index in [-0.39, 0.29) is 36.0 Å². The highest BCUT2D eigenvalue weighted by atomic mass is 16.5. The van der Waals surface area contributed by atoms with Crippen LogP contribution in [0.3, 0.4) is 0 Å². The van der Waals surface area contributed by atoms with Gasteiger partial charge in [0.1, 0.15) is 43.0 Å². The van der Waals surface area contributed by atoms with Crippen molar-refractivity contribution >= 4 is 73.9 Å². The number of rotatable bonds is 15. The Hall–Kier alpha value is -10.1. The van der Waals surface area contributed by atoms with Crippen molar-refractivity contribution in [2.45, 2.75) is 79.4 Å². The Balaban J connectivity index is 0.000000201. The van der Waals surface area contributed by atoms with E-state index >= 15 is 0 Å². The molecule has 0 bridgehead atoms. The number of benzene rings is 6. The van der Waals surface area contributed by atoms with E-state index in [1.807, 2.05) is 153 Å². The smallest absolute Gasteiger partial charge is 0.324 e. The fourth-order valence-electron chi connectivity index (χ4n) is 8.85. The van der Waals surface area contributed by atoms with Crippen molar-refractivity contribution in [1.29, 1.82) is 0 Å². The zero-order valence-electron chi connectivity index (χ0n) is 48.0. The highest BCUT2D eigenvalue weighted by Crippen LogP contribution is 2.35. The molecule has 0 unspecified atom stereocenters. The van der Waals surface area contributed by atoms with Gasteiger partial charge < -0.3 is 35.9 Å². The van der Waals surface area contributed by atoms with Gasteiger partial charge in [0.25, 0.3) is 0 Å². The van der Waals surface area contributed by atoms with E-state index in [1.165, 1.54) is 7.11 Å². The molecule has 7 N–H and O–H groups in total. The molecule has 0 saturated carbocycles. The number of nitrogen functional groups attached to an aromatic ring is 1. The van der Waals surface area contributed by atoms with E-state index in [4.69, 9.17) is 30.1 Å². The lowest BCUT2D eigenvalue weighted by molar-refractivity contribution is -0.119. The topological polar surface area (TPSA) is 226 Å². The Morgan fingerprint density at radius 1 is 0.506 bits per heavy atom. The molecular formula is C65H68N12O6. The highest BCUT2D eigenvalue weighted by Gasteiger charge is 2.24. The van der Waals surface area contributed by atoms with E-state index in [0.29, 0.717) is 52.5 Å². The van der Waals surface area contributed by atoms with Crippen LogP contribution in [0.25, 0.3) is 32.9 Å².